The fraction of sp³-hybridized carbons (Fsp3) is 0.250. The van der Waals surface area contributed by atoms with Crippen molar-refractivity contribution in [2.24, 2.45) is 0 Å². The maximum atomic E-state index is 6.33. The van der Waals surface area contributed by atoms with Gasteiger partial charge in [0.25, 0.3) is 0 Å². The van der Waals surface area contributed by atoms with Crippen LogP contribution < -0.4 is 5.32 Å². The van der Waals surface area contributed by atoms with Crippen LogP contribution in [0, 0.1) is 0 Å². The minimum atomic E-state index is -0.0779. The predicted molar refractivity (Wildman–Crippen MR) is 93.1 cm³/mol. The third-order valence-electron chi connectivity index (χ3n) is 3.14. The molecule has 1 unspecified atom stereocenters. The molecule has 0 saturated heterocycles. The first-order valence-electron chi connectivity index (χ1n) is 6.66. The summed E-state index contributed by atoms with van der Waals surface area (Å²) in [7, 11) is 0. The predicted octanol–water partition coefficient (Wildman–Crippen LogP) is 6.39. The SMILES string of the molecule is CCCNC(c1ccc(Cl)c(Cl)c1)c1cc(Cl)ccc1Cl. The monoisotopic (exact) mass is 361 g/mol. The lowest BCUT2D eigenvalue weighted by atomic mass is 9.98. The van der Waals surface area contributed by atoms with Crippen molar-refractivity contribution in [3.63, 3.8) is 0 Å². The Hall–Kier alpha value is -0.440. The van der Waals surface area contributed by atoms with Gasteiger partial charge in [-0.1, -0.05) is 59.4 Å². The van der Waals surface area contributed by atoms with Crippen LogP contribution in [0.2, 0.25) is 20.1 Å². The molecular weight excluding hydrogens is 348 g/mol. The van der Waals surface area contributed by atoms with Gasteiger partial charge in [0.2, 0.25) is 0 Å². The summed E-state index contributed by atoms with van der Waals surface area (Å²) in [5.41, 5.74) is 1.93. The second-order valence-electron chi connectivity index (χ2n) is 4.73. The van der Waals surface area contributed by atoms with Crippen molar-refractivity contribution < 1.29 is 0 Å². The third kappa shape index (κ3) is 4.28. The Morgan fingerprint density at radius 2 is 1.62 bits per heavy atom. The van der Waals surface area contributed by atoms with E-state index in [0.29, 0.717) is 20.1 Å². The second kappa shape index (κ2) is 7.71. The van der Waals surface area contributed by atoms with Gasteiger partial charge in [0.1, 0.15) is 0 Å². The maximum Gasteiger partial charge on any atom is 0.0595 e. The Kier molecular flexibility index (Phi) is 6.21. The van der Waals surface area contributed by atoms with Gasteiger partial charge in [0, 0.05) is 10.0 Å². The zero-order valence-electron chi connectivity index (χ0n) is 11.5. The van der Waals surface area contributed by atoms with Gasteiger partial charge in [-0.2, -0.15) is 0 Å². The van der Waals surface area contributed by atoms with Crippen molar-refractivity contribution in [3.8, 4) is 0 Å². The molecule has 2 rings (SSSR count). The standard InChI is InChI=1S/C16H15Cl4N/c1-2-7-21-16(10-3-5-14(19)15(20)8-10)12-9-11(17)4-6-13(12)18/h3-6,8-9,16,21H,2,7H2,1H3. The average molecular weight is 363 g/mol. The molecule has 5 heteroatoms. The number of benzene rings is 2. The smallest absolute Gasteiger partial charge is 0.0595 e. The molecule has 0 aliphatic rings. The number of nitrogens with one attached hydrogen (secondary N) is 1. The second-order valence-corrected chi connectivity index (χ2v) is 6.38. The van der Waals surface area contributed by atoms with E-state index in [1.165, 1.54) is 0 Å². The van der Waals surface area contributed by atoms with Crippen molar-refractivity contribution in [1.29, 1.82) is 0 Å². The molecule has 1 nitrogen and oxygen atoms in total. The summed E-state index contributed by atoms with van der Waals surface area (Å²) in [5, 5.41) is 5.85. The lowest BCUT2D eigenvalue weighted by Gasteiger charge is -2.21. The lowest BCUT2D eigenvalue weighted by molar-refractivity contribution is 0.599. The van der Waals surface area contributed by atoms with E-state index in [1.54, 1.807) is 18.2 Å². The van der Waals surface area contributed by atoms with Crippen LogP contribution in [0.1, 0.15) is 30.5 Å². The molecule has 0 heterocycles. The third-order valence-corrected chi connectivity index (χ3v) is 4.46. The summed E-state index contributed by atoms with van der Waals surface area (Å²) in [6.45, 7) is 2.96. The van der Waals surface area contributed by atoms with Crippen molar-refractivity contribution in [2.45, 2.75) is 19.4 Å². The van der Waals surface area contributed by atoms with E-state index in [9.17, 15) is 0 Å². The molecule has 0 saturated carbocycles. The number of hydrogen-bond acceptors (Lipinski definition) is 1. The maximum absolute atomic E-state index is 6.33. The Labute approximate surface area is 145 Å². The van der Waals surface area contributed by atoms with Gasteiger partial charge in [0.15, 0.2) is 0 Å². The zero-order valence-corrected chi connectivity index (χ0v) is 14.5. The fourth-order valence-electron chi connectivity index (χ4n) is 2.12. The number of halogens is 4. The van der Waals surface area contributed by atoms with Gasteiger partial charge in [-0.05, 0) is 54.4 Å². The molecule has 0 aliphatic heterocycles. The van der Waals surface area contributed by atoms with Gasteiger partial charge < -0.3 is 5.32 Å². The zero-order chi connectivity index (χ0) is 15.4. The quantitative estimate of drug-likeness (QED) is 0.649. The van der Waals surface area contributed by atoms with Crippen molar-refractivity contribution >= 4 is 46.4 Å². The highest BCUT2D eigenvalue weighted by molar-refractivity contribution is 6.42. The van der Waals surface area contributed by atoms with Crippen LogP contribution in [0.4, 0.5) is 0 Å². The van der Waals surface area contributed by atoms with Gasteiger partial charge in [-0.15, -0.1) is 0 Å². The molecule has 0 aromatic heterocycles. The highest BCUT2D eigenvalue weighted by atomic mass is 35.5. The van der Waals surface area contributed by atoms with Crippen LogP contribution in [0.5, 0.6) is 0 Å². The van der Waals surface area contributed by atoms with E-state index in [1.807, 2.05) is 18.2 Å². The van der Waals surface area contributed by atoms with E-state index in [2.05, 4.69) is 12.2 Å². The largest absolute Gasteiger partial charge is 0.306 e. The van der Waals surface area contributed by atoms with Crippen LogP contribution in [-0.2, 0) is 0 Å². The lowest BCUT2D eigenvalue weighted by Crippen LogP contribution is -2.23. The summed E-state index contributed by atoms with van der Waals surface area (Å²) in [6, 6.07) is 11.0. The van der Waals surface area contributed by atoms with E-state index in [0.717, 1.165) is 24.1 Å². The van der Waals surface area contributed by atoms with Gasteiger partial charge >= 0.3 is 0 Å². The minimum absolute atomic E-state index is 0.0779. The van der Waals surface area contributed by atoms with Crippen molar-refractivity contribution in [1.82, 2.24) is 5.32 Å². The average Bonchev–Trinajstić information content (AvgIpc) is 2.46. The Morgan fingerprint density at radius 3 is 2.29 bits per heavy atom. The topological polar surface area (TPSA) is 12.0 Å². The van der Waals surface area contributed by atoms with E-state index >= 15 is 0 Å². The molecule has 0 spiro atoms. The molecule has 2 aromatic rings. The molecule has 0 bridgehead atoms. The van der Waals surface area contributed by atoms with Gasteiger partial charge in [0.05, 0.1) is 16.1 Å². The van der Waals surface area contributed by atoms with Crippen LogP contribution in [0.3, 0.4) is 0 Å². The van der Waals surface area contributed by atoms with E-state index < -0.39 is 0 Å². The fourth-order valence-corrected chi connectivity index (χ4v) is 2.84. The van der Waals surface area contributed by atoms with Crippen LogP contribution >= 0.6 is 46.4 Å². The molecule has 1 atom stereocenters. The molecule has 0 fully saturated rings. The highest BCUT2D eigenvalue weighted by Crippen LogP contribution is 2.33. The summed E-state index contributed by atoms with van der Waals surface area (Å²) in [6.07, 6.45) is 1.01. The Balaban J connectivity index is 2.46. The van der Waals surface area contributed by atoms with Crippen LogP contribution in [-0.4, -0.2) is 6.54 Å². The Morgan fingerprint density at radius 1 is 0.905 bits per heavy atom. The molecular formula is C16H15Cl4N. The summed E-state index contributed by atoms with van der Waals surface area (Å²) < 4.78 is 0. The highest BCUT2D eigenvalue weighted by Gasteiger charge is 2.17. The van der Waals surface area contributed by atoms with Crippen molar-refractivity contribution in [2.75, 3.05) is 6.54 Å². The van der Waals surface area contributed by atoms with Gasteiger partial charge in [-0.3, -0.25) is 0 Å². The molecule has 2 aromatic carbocycles. The van der Waals surface area contributed by atoms with Crippen molar-refractivity contribution in [3.05, 3.63) is 67.6 Å². The number of rotatable bonds is 5. The molecule has 0 aliphatic carbocycles. The molecule has 21 heavy (non-hydrogen) atoms. The first kappa shape index (κ1) is 16.9. The van der Waals surface area contributed by atoms with E-state index in [4.69, 9.17) is 46.4 Å². The first-order valence-corrected chi connectivity index (χ1v) is 8.17. The summed E-state index contributed by atoms with van der Waals surface area (Å²) in [5.74, 6) is 0. The number of hydrogen-bond donors (Lipinski definition) is 1. The van der Waals surface area contributed by atoms with Crippen LogP contribution in [0.15, 0.2) is 36.4 Å². The summed E-state index contributed by atoms with van der Waals surface area (Å²) in [4.78, 5) is 0. The minimum Gasteiger partial charge on any atom is -0.306 e. The van der Waals surface area contributed by atoms with Crippen LogP contribution in [0.25, 0.3) is 0 Å². The van der Waals surface area contributed by atoms with Gasteiger partial charge in [-0.25, -0.2) is 0 Å². The molecule has 1 N–H and O–H groups in total. The normalized spacial score (nSPS) is 12.4. The first-order chi connectivity index (χ1) is 10.0. The van der Waals surface area contributed by atoms with E-state index in [-0.39, 0.29) is 6.04 Å². The Bertz CT molecular complexity index is 628. The summed E-state index contributed by atoms with van der Waals surface area (Å²) >= 11 is 24.6. The molecule has 112 valence electrons. The molecule has 0 radical (unpaired) electrons. The molecule has 0 amide bonds.